The van der Waals surface area contributed by atoms with Gasteiger partial charge in [0.1, 0.15) is 0 Å². The molecule has 0 bridgehead atoms. The molecule has 4 heteroatoms. The van der Waals surface area contributed by atoms with Crippen LogP contribution < -0.4 is 5.32 Å². The van der Waals surface area contributed by atoms with Crippen molar-refractivity contribution in [1.29, 1.82) is 0 Å². The first-order valence-electron chi connectivity index (χ1n) is 6.79. The van der Waals surface area contributed by atoms with Crippen LogP contribution in [-0.4, -0.2) is 24.5 Å². The second kappa shape index (κ2) is 5.74. The van der Waals surface area contributed by atoms with E-state index in [1.54, 1.807) is 17.8 Å². The summed E-state index contributed by atoms with van der Waals surface area (Å²) in [5, 5.41) is 2.81. The van der Waals surface area contributed by atoms with Crippen molar-refractivity contribution in [3.63, 3.8) is 0 Å². The summed E-state index contributed by atoms with van der Waals surface area (Å²) in [7, 11) is 0. The molecule has 1 heterocycles. The predicted molar refractivity (Wildman–Crippen MR) is 84.1 cm³/mol. The summed E-state index contributed by atoms with van der Waals surface area (Å²) >= 11 is 1.64. The summed E-state index contributed by atoms with van der Waals surface area (Å²) in [5.74, 6) is -0.146. The van der Waals surface area contributed by atoms with Crippen molar-refractivity contribution in [2.75, 3.05) is 12.8 Å². The molecule has 0 spiro atoms. The number of hydrogen-bond acceptors (Lipinski definition) is 3. The van der Waals surface area contributed by atoms with Gasteiger partial charge in [0.05, 0.1) is 0 Å². The maximum atomic E-state index is 12.5. The molecule has 1 N–H and O–H groups in total. The average Bonchev–Trinajstić information content (AvgIpc) is 2.54. The van der Waals surface area contributed by atoms with Gasteiger partial charge in [-0.3, -0.25) is 9.59 Å². The summed E-state index contributed by atoms with van der Waals surface area (Å²) < 4.78 is 0. The molecule has 0 atom stereocenters. The Labute approximate surface area is 127 Å². The molecule has 0 fully saturated rings. The maximum absolute atomic E-state index is 12.5. The first-order chi connectivity index (χ1) is 10.2. The smallest absolute Gasteiger partial charge is 0.251 e. The number of rotatable bonds is 3. The van der Waals surface area contributed by atoms with E-state index in [1.165, 1.54) is 0 Å². The van der Waals surface area contributed by atoms with Crippen LogP contribution in [0.25, 0.3) is 0 Å². The molecule has 0 saturated carbocycles. The third-order valence-electron chi connectivity index (χ3n) is 3.65. The van der Waals surface area contributed by atoms with Gasteiger partial charge in [-0.15, -0.1) is 11.8 Å². The highest BCUT2D eigenvalue weighted by atomic mass is 32.2. The summed E-state index contributed by atoms with van der Waals surface area (Å²) in [6, 6.07) is 12.9. The Balaban J connectivity index is 1.94. The Morgan fingerprint density at radius 3 is 2.52 bits per heavy atom. The third kappa shape index (κ3) is 2.72. The summed E-state index contributed by atoms with van der Waals surface area (Å²) in [6.07, 6.45) is 2.82. The van der Waals surface area contributed by atoms with Crippen LogP contribution in [0, 0.1) is 0 Å². The number of carbonyl (C=O) groups is 2. The maximum Gasteiger partial charge on any atom is 0.251 e. The van der Waals surface area contributed by atoms with Gasteiger partial charge in [-0.05, 0) is 48.6 Å². The van der Waals surface area contributed by atoms with Gasteiger partial charge in [0.25, 0.3) is 5.91 Å². The van der Waals surface area contributed by atoms with Crippen LogP contribution in [0.3, 0.4) is 0 Å². The Morgan fingerprint density at radius 2 is 1.81 bits per heavy atom. The number of carbonyl (C=O) groups excluding carboxylic acids is 2. The summed E-state index contributed by atoms with van der Waals surface area (Å²) in [5.41, 5.74) is 2.83. The topological polar surface area (TPSA) is 46.2 Å². The van der Waals surface area contributed by atoms with Crippen LogP contribution >= 0.6 is 11.8 Å². The lowest BCUT2D eigenvalue weighted by atomic mass is 9.94. The molecular weight excluding hydrogens is 282 g/mol. The van der Waals surface area contributed by atoms with E-state index in [-0.39, 0.29) is 11.7 Å². The zero-order valence-electron chi connectivity index (χ0n) is 11.7. The van der Waals surface area contributed by atoms with E-state index in [0.29, 0.717) is 23.2 Å². The van der Waals surface area contributed by atoms with E-state index >= 15 is 0 Å². The fourth-order valence-corrected chi connectivity index (χ4v) is 2.87. The molecule has 2 aromatic rings. The zero-order valence-corrected chi connectivity index (χ0v) is 12.5. The lowest BCUT2D eigenvalue weighted by molar-refractivity contribution is 0.0946. The molecule has 1 amide bonds. The van der Waals surface area contributed by atoms with Gasteiger partial charge in [0, 0.05) is 28.1 Å². The quantitative estimate of drug-likeness (QED) is 0.700. The number of thioether (sulfide) groups is 1. The minimum atomic E-state index is -0.0939. The highest BCUT2D eigenvalue weighted by Crippen LogP contribution is 2.20. The molecule has 0 unspecified atom stereocenters. The number of amides is 1. The normalized spacial score (nSPS) is 13.5. The number of benzene rings is 2. The van der Waals surface area contributed by atoms with Crippen molar-refractivity contribution in [1.82, 2.24) is 5.32 Å². The van der Waals surface area contributed by atoms with Crippen molar-refractivity contribution in [2.45, 2.75) is 11.3 Å². The SMILES string of the molecule is CSc1ccc(C(=O)c2ccc3c(c2)C(=O)NCC3)cc1. The first-order valence-corrected chi connectivity index (χ1v) is 8.01. The fraction of sp³-hybridized carbons (Fsp3) is 0.176. The molecule has 0 aromatic heterocycles. The van der Waals surface area contributed by atoms with Crippen molar-refractivity contribution >= 4 is 23.5 Å². The van der Waals surface area contributed by atoms with E-state index in [4.69, 9.17) is 0 Å². The summed E-state index contributed by atoms with van der Waals surface area (Å²) in [4.78, 5) is 25.5. The second-order valence-electron chi connectivity index (χ2n) is 4.94. The predicted octanol–water partition coefficient (Wildman–Crippen LogP) is 2.93. The molecule has 1 aliphatic heterocycles. The number of fused-ring (bicyclic) bond motifs is 1. The monoisotopic (exact) mass is 297 g/mol. The number of nitrogens with one attached hydrogen (secondary N) is 1. The number of hydrogen-bond donors (Lipinski definition) is 1. The lowest BCUT2D eigenvalue weighted by Gasteiger charge is -2.16. The van der Waals surface area contributed by atoms with Gasteiger partial charge in [-0.1, -0.05) is 12.1 Å². The van der Waals surface area contributed by atoms with Crippen molar-refractivity contribution < 1.29 is 9.59 Å². The minimum absolute atomic E-state index is 0.0520. The largest absolute Gasteiger partial charge is 0.352 e. The van der Waals surface area contributed by atoms with Gasteiger partial charge in [0.2, 0.25) is 0 Å². The van der Waals surface area contributed by atoms with Crippen LogP contribution in [0.5, 0.6) is 0 Å². The molecular formula is C17H15NO2S. The van der Waals surface area contributed by atoms with Crippen LogP contribution in [0.2, 0.25) is 0 Å². The van der Waals surface area contributed by atoms with Gasteiger partial charge in [-0.2, -0.15) is 0 Å². The van der Waals surface area contributed by atoms with Gasteiger partial charge < -0.3 is 5.32 Å². The molecule has 2 aromatic carbocycles. The van der Waals surface area contributed by atoms with Crippen molar-refractivity contribution in [2.24, 2.45) is 0 Å². The Hall–Kier alpha value is -2.07. The Morgan fingerprint density at radius 1 is 1.10 bits per heavy atom. The van der Waals surface area contributed by atoms with E-state index in [9.17, 15) is 9.59 Å². The highest BCUT2D eigenvalue weighted by molar-refractivity contribution is 7.98. The van der Waals surface area contributed by atoms with Crippen molar-refractivity contribution in [3.05, 3.63) is 64.7 Å². The average molecular weight is 297 g/mol. The third-order valence-corrected chi connectivity index (χ3v) is 4.39. The van der Waals surface area contributed by atoms with Crippen LogP contribution in [0.4, 0.5) is 0 Å². The molecule has 0 aliphatic carbocycles. The molecule has 3 rings (SSSR count). The minimum Gasteiger partial charge on any atom is -0.352 e. The highest BCUT2D eigenvalue weighted by Gasteiger charge is 2.19. The van der Waals surface area contributed by atoms with Crippen LogP contribution in [0.1, 0.15) is 31.8 Å². The first kappa shape index (κ1) is 13.9. The molecule has 1 aliphatic rings. The van der Waals surface area contributed by atoms with Gasteiger partial charge >= 0.3 is 0 Å². The van der Waals surface area contributed by atoms with Crippen LogP contribution in [-0.2, 0) is 6.42 Å². The van der Waals surface area contributed by atoms with Gasteiger partial charge in [0.15, 0.2) is 5.78 Å². The van der Waals surface area contributed by atoms with Crippen LogP contribution in [0.15, 0.2) is 47.4 Å². The Kier molecular flexibility index (Phi) is 3.80. The van der Waals surface area contributed by atoms with Crippen molar-refractivity contribution in [3.8, 4) is 0 Å². The molecule has 106 valence electrons. The molecule has 0 saturated heterocycles. The second-order valence-corrected chi connectivity index (χ2v) is 5.82. The van der Waals surface area contributed by atoms with Gasteiger partial charge in [-0.25, -0.2) is 0 Å². The Bertz CT molecular complexity index is 707. The van der Waals surface area contributed by atoms with E-state index < -0.39 is 0 Å². The fourth-order valence-electron chi connectivity index (χ4n) is 2.46. The molecule has 0 radical (unpaired) electrons. The van der Waals surface area contributed by atoms with E-state index in [0.717, 1.165) is 16.9 Å². The molecule has 3 nitrogen and oxygen atoms in total. The number of ketones is 1. The van der Waals surface area contributed by atoms with E-state index in [2.05, 4.69) is 5.32 Å². The van der Waals surface area contributed by atoms with E-state index in [1.807, 2.05) is 42.7 Å². The standard InChI is InChI=1S/C17H15NO2S/c1-21-14-6-4-12(5-7-14)16(19)13-3-2-11-8-9-18-17(20)15(11)10-13/h2-7,10H,8-9H2,1H3,(H,18,20). The molecule has 21 heavy (non-hydrogen) atoms. The summed E-state index contributed by atoms with van der Waals surface area (Å²) in [6.45, 7) is 0.662. The lowest BCUT2D eigenvalue weighted by Crippen LogP contribution is -2.32. The zero-order chi connectivity index (χ0) is 14.8.